The van der Waals surface area contributed by atoms with E-state index in [1.54, 1.807) is 0 Å². The number of hydrogen-bond donors (Lipinski definition) is 1. The molecule has 2 rings (SSSR count). The molecule has 2 N–H and O–H groups in total. The monoisotopic (exact) mass is 294 g/mol. The van der Waals surface area contributed by atoms with Gasteiger partial charge in [-0.3, -0.25) is 4.90 Å². The first-order valence-corrected chi connectivity index (χ1v) is 8.81. The van der Waals surface area contributed by atoms with Gasteiger partial charge in [0.15, 0.2) is 0 Å². The Kier molecular flexibility index (Phi) is 5.27. The van der Waals surface area contributed by atoms with E-state index in [0.717, 1.165) is 12.5 Å². The van der Waals surface area contributed by atoms with Crippen molar-refractivity contribution in [3.8, 4) is 0 Å². The lowest BCUT2D eigenvalue weighted by Gasteiger charge is -2.26. The Balaban J connectivity index is 2.07. The molecule has 1 aromatic rings. The van der Waals surface area contributed by atoms with E-state index in [2.05, 4.69) is 44.7 Å². The number of nitrogens with two attached hydrogens (primary N) is 1. The lowest BCUT2D eigenvalue weighted by Crippen LogP contribution is -2.31. The topological polar surface area (TPSA) is 29.3 Å². The van der Waals surface area contributed by atoms with Crippen molar-refractivity contribution < 1.29 is 0 Å². The first kappa shape index (κ1) is 16.0. The molecule has 1 aliphatic heterocycles. The largest absolute Gasteiger partial charge is 0.329 e. The van der Waals surface area contributed by atoms with Crippen LogP contribution in [-0.2, 0) is 5.41 Å². The van der Waals surface area contributed by atoms with Gasteiger partial charge in [0.1, 0.15) is 0 Å². The Morgan fingerprint density at radius 2 is 2.15 bits per heavy atom. The van der Waals surface area contributed by atoms with Crippen LogP contribution in [0.2, 0.25) is 0 Å². The van der Waals surface area contributed by atoms with Crippen LogP contribution < -0.4 is 5.73 Å². The maximum Gasteiger partial charge on any atom is 0.0564 e. The second-order valence-corrected chi connectivity index (χ2v) is 8.26. The highest BCUT2D eigenvalue weighted by Crippen LogP contribution is 2.36. The third-order valence-corrected chi connectivity index (χ3v) is 5.98. The molecule has 2 atom stereocenters. The molecule has 1 aromatic heterocycles. The van der Waals surface area contributed by atoms with Crippen molar-refractivity contribution in [3.63, 3.8) is 0 Å². The smallest absolute Gasteiger partial charge is 0.0564 e. The predicted molar refractivity (Wildman–Crippen MR) is 89.4 cm³/mol. The molecule has 0 aliphatic carbocycles. The van der Waals surface area contributed by atoms with Crippen LogP contribution in [-0.4, -0.2) is 24.5 Å². The summed E-state index contributed by atoms with van der Waals surface area (Å²) in [4.78, 5) is 5.53. The Morgan fingerprint density at radius 3 is 2.70 bits per heavy atom. The van der Waals surface area contributed by atoms with E-state index in [0.29, 0.717) is 6.04 Å². The van der Waals surface area contributed by atoms with Crippen LogP contribution in [0.15, 0.2) is 12.1 Å². The highest BCUT2D eigenvalue weighted by Gasteiger charge is 2.29. The van der Waals surface area contributed by atoms with Crippen molar-refractivity contribution in [1.29, 1.82) is 0 Å². The van der Waals surface area contributed by atoms with Crippen LogP contribution >= 0.6 is 11.3 Å². The molecular formula is C17H30N2S. The first-order valence-electron chi connectivity index (χ1n) is 8.00. The fourth-order valence-electron chi connectivity index (χ4n) is 3.17. The second kappa shape index (κ2) is 6.59. The summed E-state index contributed by atoms with van der Waals surface area (Å²) in [7, 11) is 0. The number of hydrogen-bond acceptors (Lipinski definition) is 3. The zero-order chi connectivity index (χ0) is 14.8. The zero-order valence-electron chi connectivity index (χ0n) is 13.5. The average molecular weight is 295 g/mol. The van der Waals surface area contributed by atoms with Crippen LogP contribution in [0.1, 0.15) is 62.8 Å². The first-order chi connectivity index (χ1) is 9.45. The fraction of sp³-hybridized carbons (Fsp3) is 0.765. The van der Waals surface area contributed by atoms with E-state index in [-0.39, 0.29) is 5.41 Å². The summed E-state index contributed by atoms with van der Waals surface area (Å²) in [5, 5.41) is 0. The third-order valence-electron chi connectivity index (χ3n) is 4.37. The van der Waals surface area contributed by atoms with Gasteiger partial charge in [-0.1, -0.05) is 34.1 Å². The molecule has 20 heavy (non-hydrogen) atoms. The second-order valence-electron chi connectivity index (χ2n) is 7.14. The van der Waals surface area contributed by atoms with Gasteiger partial charge in [-0.15, -0.1) is 11.3 Å². The van der Waals surface area contributed by atoms with Crippen molar-refractivity contribution in [2.24, 2.45) is 11.7 Å². The molecule has 0 saturated carbocycles. The maximum atomic E-state index is 6.09. The van der Waals surface area contributed by atoms with E-state index < -0.39 is 0 Å². The Labute approximate surface area is 128 Å². The molecule has 0 aromatic carbocycles. The van der Waals surface area contributed by atoms with Crippen molar-refractivity contribution in [1.82, 2.24) is 4.90 Å². The molecule has 114 valence electrons. The van der Waals surface area contributed by atoms with Gasteiger partial charge in [-0.25, -0.2) is 0 Å². The van der Waals surface area contributed by atoms with Gasteiger partial charge in [-0.05, 0) is 42.9 Å². The molecular weight excluding hydrogens is 264 g/mol. The van der Waals surface area contributed by atoms with Gasteiger partial charge in [0.05, 0.1) is 6.04 Å². The van der Waals surface area contributed by atoms with Gasteiger partial charge < -0.3 is 5.73 Å². The number of nitrogens with zero attached hydrogens (tertiary/aromatic N) is 1. The van der Waals surface area contributed by atoms with Crippen LogP contribution in [0.5, 0.6) is 0 Å². The summed E-state index contributed by atoms with van der Waals surface area (Å²) < 4.78 is 0. The molecule has 0 radical (unpaired) electrons. The average Bonchev–Trinajstić information content (AvgIpc) is 3.00. The maximum absolute atomic E-state index is 6.09. The minimum atomic E-state index is 0.248. The van der Waals surface area contributed by atoms with Gasteiger partial charge >= 0.3 is 0 Å². The summed E-state index contributed by atoms with van der Waals surface area (Å²) in [5.74, 6) is 0.885. The Morgan fingerprint density at radius 1 is 1.40 bits per heavy atom. The summed E-state index contributed by atoms with van der Waals surface area (Å²) in [6.45, 7) is 12.3. The van der Waals surface area contributed by atoms with Crippen LogP contribution in [0.4, 0.5) is 0 Å². The van der Waals surface area contributed by atoms with E-state index in [4.69, 9.17) is 5.73 Å². The zero-order valence-corrected chi connectivity index (χ0v) is 14.3. The molecule has 0 bridgehead atoms. The quantitative estimate of drug-likeness (QED) is 0.883. The molecule has 2 heterocycles. The summed E-state index contributed by atoms with van der Waals surface area (Å²) in [6.07, 6.45) is 4.02. The Hall–Kier alpha value is -0.380. The predicted octanol–water partition coefficient (Wildman–Crippen LogP) is 4.17. The Bertz CT molecular complexity index is 419. The van der Waals surface area contributed by atoms with Crippen LogP contribution in [0, 0.1) is 5.92 Å². The number of thiophene rings is 1. The van der Waals surface area contributed by atoms with Gasteiger partial charge in [0, 0.05) is 22.8 Å². The molecule has 1 fully saturated rings. The minimum absolute atomic E-state index is 0.248. The van der Waals surface area contributed by atoms with Crippen LogP contribution in [0.25, 0.3) is 0 Å². The molecule has 3 heteroatoms. The van der Waals surface area contributed by atoms with E-state index in [9.17, 15) is 0 Å². The SMILES string of the molecule is CCCC1CCN(C(CN)c2ccc(C(C)(C)C)s2)C1. The van der Waals surface area contributed by atoms with E-state index in [1.165, 1.54) is 42.1 Å². The molecule has 2 nitrogen and oxygen atoms in total. The van der Waals surface area contributed by atoms with Crippen molar-refractivity contribution >= 4 is 11.3 Å². The fourth-order valence-corrected chi connectivity index (χ4v) is 4.38. The van der Waals surface area contributed by atoms with E-state index in [1.807, 2.05) is 11.3 Å². The number of likely N-dealkylation sites (tertiary alicyclic amines) is 1. The van der Waals surface area contributed by atoms with Gasteiger partial charge in [0.2, 0.25) is 0 Å². The molecule has 1 saturated heterocycles. The van der Waals surface area contributed by atoms with Gasteiger partial charge in [0.25, 0.3) is 0 Å². The molecule has 0 spiro atoms. The standard InChI is InChI=1S/C17H30N2S/c1-5-6-13-9-10-19(12-13)14(11-18)15-7-8-16(20-15)17(2,3)4/h7-8,13-14H,5-6,9-12,18H2,1-4H3. The highest BCUT2D eigenvalue weighted by molar-refractivity contribution is 7.12. The summed E-state index contributed by atoms with van der Waals surface area (Å²) >= 11 is 1.95. The summed E-state index contributed by atoms with van der Waals surface area (Å²) in [5.41, 5.74) is 6.34. The molecule has 1 aliphatic rings. The molecule has 0 amide bonds. The van der Waals surface area contributed by atoms with Crippen molar-refractivity contribution in [2.45, 2.75) is 58.4 Å². The lowest BCUT2D eigenvalue weighted by molar-refractivity contribution is 0.243. The third kappa shape index (κ3) is 3.63. The molecule has 2 unspecified atom stereocenters. The van der Waals surface area contributed by atoms with Crippen molar-refractivity contribution in [3.05, 3.63) is 21.9 Å². The normalized spacial score (nSPS) is 22.4. The van der Waals surface area contributed by atoms with Crippen LogP contribution in [0.3, 0.4) is 0 Å². The number of rotatable bonds is 5. The minimum Gasteiger partial charge on any atom is -0.329 e. The summed E-state index contributed by atoms with van der Waals surface area (Å²) in [6, 6.07) is 5.02. The van der Waals surface area contributed by atoms with Crippen molar-refractivity contribution in [2.75, 3.05) is 19.6 Å². The highest BCUT2D eigenvalue weighted by atomic mass is 32.1. The lowest BCUT2D eigenvalue weighted by atomic mass is 9.95. The van der Waals surface area contributed by atoms with Gasteiger partial charge in [-0.2, -0.15) is 0 Å². The van der Waals surface area contributed by atoms with E-state index >= 15 is 0 Å².